The van der Waals surface area contributed by atoms with Crippen LogP contribution in [0.2, 0.25) is 0 Å². The molecule has 1 N–H and O–H groups in total. The molecule has 3 saturated carbocycles. The minimum absolute atomic E-state index is 0.265. The maximum Gasteiger partial charge on any atom is 0.392 e. The average molecular weight is 222 g/mol. The zero-order valence-corrected chi connectivity index (χ0v) is 8.13. The van der Waals surface area contributed by atoms with E-state index in [0.717, 1.165) is 0 Å². The highest BCUT2D eigenvalue weighted by Crippen LogP contribution is 2.54. The summed E-state index contributed by atoms with van der Waals surface area (Å²) >= 11 is 0. The van der Waals surface area contributed by atoms with E-state index in [-0.39, 0.29) is 5.92 Å². The zero-order valence-electron chi connectivity index (χ0n) is 8.13. The van der Waals surface area contributed by atoms with E-state index in [1.165, 1.54) is 0 Å². The van der Waals surface area contributed by atoms with Crippen LogP contribution in [0.3, 0.4) is 0 Å². The fraction of sp³-hybridized carbons (Fsp3) is 0.900. The summed E-state index contributed by atoms with van der Waals surface area (Å²) in [4.78, 5) is 10.9. The smallest absolute Gasteiger partial charge is 0.392 e. The van der Waals surface area contributed by atoms with Gasteiger partial charge >= 0.3 is 12.1 Å². The molecule has 3 fully saturated rings. The molecule has 2 nitrogen and oxygen atoms in total. The van der Waals surface area contributed by atoms with Crippen LogP contribution in [0, 0.1) is 23.7 Å². The molecule has 86 valence electrons. The first-order valence-corrected chi connectivity index (χ1v) is 5.21. The minimum atomic E-state index is -4.35. The lowest BCUT2D eigenvalue weighted by atomic mass is 9.58. The first-order valence-electron chi connectivity index (χ1n) is 5.21. The Morgan fingerprint density at radius 3 is 1.87 bits per heavy atom. The number of fused-ring (bicyclic) bond motifs is 3. The van der Waals surface area contributed by atoms with Crippen LogP contribution in [-0.4, -0.2) is 17.3 Å². The SMILES string of the molecule is O=C(O)[C@@H]1C2CCC(CC2)[C@@H]1C(F)(F)F. The predicted octanol–water partition coefficient (Wildman–Crippen LogP) is 2.69. The van der Waals surface area contributed by atoms with Gasteiger partial charge in [-0.3, -0.25) is 4.79 Å². The first kappa shape index (κ1) is 10.8. The topological polar surface area (TPSA) is 37.3 Å². The number of rotatable bonds is 1. The number of halogens is 3. The van der Waals surface area contributed by atoms with E-state index in [9.17, 15) is 18.0 Å². The third-order valence-corrected chi connectivity index (χ3v) is 3.88. The summed E-state index contributed by atoms with van der Waals surface area (Å²) < 4.78 is 38.2. The second-order valence-corrected chi connectivity index (χ2v) is 4.61. The lowest BCUT2D eigenvalue weighted by Gasteiger charge is -2.47. The number of alkyl halides is 3. The highest BCUT2D eigenvalue weighted by atomic mass is 19.4. The summed E-state index contributed by atoms with van der Waals surface area (Å²) in [6.07, 6.45) is -1.98. The van der Waals surface area contributed by atoms with E-state index in [1.54, 1.807) is 0 Å². The molecular weight excluding hydrogens is 209 g/mol. The molecule has 3 rings (SSSR count). The molecule has 0 saturated heterocycles. The van der Waals surface area contributed by atoms with Gasteiger partial charge in [0.05, 0.1) is 11.8 Å². The molecule has 0 aromatic carbocycles. The summed E-state index contributed by atoms with van der Waals surface area (Å²) in [7, 11) is 0. The van der Waals surface area contributed by atoms with Crippen molar-refractivity contribution in [2.45, 2.75) is 31.9 Å². The van der Waals surface area contributed by atoms with E-state index in [0.29, 0.717) is 25.7 Å². The van der Waals surface area contributed by atoms with Gasteiger partial charge in [0, 0.05) is 0 Å². The van der Waals surface area contributed by atoms with Crippen LogP contribution >= 0.6 is 0 Å². The van der Waals surface area contributed by atoms with Gasteiger partial charge in [0.15, 0.2) is 0 Å². The molecule has 2 atom stereocenters. The Morgan fingerprint density at radius 1 is 1.07 bits per heavy atom. The second kappa shape index (κ2) is 3.39. The Hall–Kier alpha value is -0.740. The Bertz CT molecular complexity index is 266. The second-order valence-electron chi connectivity index (χ2n) is 4.61. The molecule has 0 amide bonds. The van der Waals surface area contributed by atoms with Crippen LogP contribution in [0.1, 0.15) is 25.7 Å². The van der Waals surface area contributed by atoms with Gasteiger partial charge in [0.1, 0.15) is 0 Å². The number of carboxylic acid groups (broad SMARTS) is 1. The number of hydrogen-bond acceptors (Lipinski definition) is 1. The van der Waals surface area contributed by atoms with Crippen LogP contribution in [0.25, 0.3) is 0 Å². The van der Waals surface area contributed by atoms with E-state index in [4.69, 9.17) is 5.11 Å². The maximum atomic E-state index is 12.7. The summed E-state index contributed by atoms with van der Waals surface area (Å²) in [5, 5.41) is 8.89. The van der Waals surface area contributed by atoms with Crippen molar-refractivity contribution >= 4 is 5.97 Å². The van der Waals surface area contributed by atoms with Crippen LogP contribution < -0.4 is 0 Å². The molecule has 0 aromatic rings. The zero-order chi connectivity index (χ0) is 11.2. The van der Waals surface area contributed by atoms with Crippen molar-refractivity contribution in [1.29, 1.82) is 0 Å². The van der Waals surface area contributed by atoms with Crippen LogP contribution in [0.15, 0.2) is 0 Å². The molecule has 5 heteroatoms. The van der Waals surface area contributed by atoms with Gasteiger partial charge in [0.25, 0.3) is 0 Å². The van der Waals surface area contributed by atoms with Crippen molar-refractivity contribution in [3.8, 4) is 0 Å². The molecule has 15 heavy (non-hydrogen) atoms. The molecule has 3 aliphatic rings. The lowest BCUT2D eigenvalue weighted by Crippen LogP contribution is -2.50. The van der Waals surface area contributed by atoms with Gasteiger partial charge in [-0.15, -0.1) is 0 Å². The van der Waals surface area contributed by atoms with E-state index >= 15 is 0 Å². The number of hydrogen-bond donors (Lipinski definition) is 1. The van der Waals surface area contributed by atoms with Gasteiger partial charge in [-0.1, -0.05) is 0 Å². The number of aliphatic carboxylic acids is 1. The standard InChI is InChI=1S/C10H13F3O2/c11-10(12,13)8-6-3-1-5(2-4-6)7(8)9(14)15/h5-8H,1-4H2,(H,14,15)/t5?,6?,7-,8+/m1/s1. The predicted molar refractivity (Wildman–Crippen MR) is 46.1 cm³/mol. The van der Waals surface area contributed by atoms with E-state index in [2.05, 4.69) is 0 Å². The van der Waals surface area contributed by atoms with Crippen molar-refractivity contribution in [2.24, 2.45) is 23.7 Å². The van der Waals surface area contributed by atoms with E-state index in [1.807, 2.05) is 0 Å². The van der Waals surface area contributed by atoms with Crippen molar-refractivity contribution in [2.75, 3.05) is 0 Å². The maximum absolute atomic E-state index is 12.7. The van der Waals surface area contributed by atoms with E-state index < -0.39 is 29.9 Å². The summed E-state index contributed by atoms with van der Waals surface area (Å²) in [5.41, 5.74) is 0. The van der Waals surface area contributed by atoms with Gasteiger partial charge in [-0.2, -0.15) is 13.2 Å². The van der Waals surface area contributed by atoms with Gasteiger partial charge in [0.2, 0.25) is 0 Å². The van der Waals surface area contributed by atoms with Crippen LogP contribution in [-0.2, 0) is 4.79 Å². The van der Waals surface area contributed by atoms with Crippen molar-refractivity contribution in [1.82, 2.24) is 0 Å². The lowest BCUT2D eigenvalue weighted by molar-refractivity contribution is -0.233. The molecule has 0 spiro atoms. The third-order valence-electron chi connectivity index (χ3n) is 3.88. The number of carboxylic acids is 1. The van der Waals surface area contributed by atoms with Gasteiger partial charge < -0.3 is 5.11 Å². The molecule has 2 bridgehead atoms. The van der Waals surface area contributed by atoms with Crippen molar-refractivity contribution < 1.29 is 23.1 Å². The summed E-state index contributed by atoms with van der Waals surface area (Å²) in [6.45, 7) is 0. The van der Waals surface area contributed by atoms with Gasteiger partial charge in [-0.25, -0.2) is 0 Å². The summed E-state index contributed by atoms with van der Waals surface area (Å²) in [6, 6.07) is 0. The largest absolute Gasteiger partial charge is 0.481 e. The van der Waals surface area contributed by atoms with Crippen molar-refractivity contribution in [3.05, 3.63) is 0 Å². The Labute approximate surface area is 85.5 Å². The monoisotopic (exact) mass is 222 g/mol. The van der Waals surface area contributed by atoms with Crippen LogP contribution in [0.5, 0.6) is 0 Å². The highest BCUT2D eigenvalue weighted by molar-refractivity contribution is 5.71. The third kappa shape index (κ3) is 1.72. The quantitative estimate of drug-likeness (QED) is 0.740. The molecule has 0 heterocycles. The fourth-order valence-electron chi connectivity index (χ4n) is 3.28. The number of carbonyl (C=O) groups is 1. The van der Waals surface area contributed by atoms with Crippen molar-refractivity contribution in [3.63, 3.8) is 0 Å². The summed E-state index contributed by atoms with van der Waals surface area (Å²) in [5.74, 6) is -4.80. The average Bonchev–Trinajstić information content (AvgIpc) is 2.16. The molecule has 0 unspecified atom stereocenters. The molecule has 0 aromatic heterocycles. The Morgan fingerprint density at radius 2 is 1.53 bits per heavy atom. The molecular formula is C10H13F3O2. The molecule has 3 aliphatic carbocycles. The minimum Gasteiger partial charge on any atom is -0.481 e. The molecule has 0 aliphatic heterocycles. The fourth-order valence-corrected chi connectivity index (χ4v) is 3.28. The first-order chi connectivity index (χ1) is 6.91. The Balaban J connectivity index is 2.29. The molecule has 0 radical (unpaired) electrons. The van der Waals surface area contributed by atoms with Gasteiger partial charge in [-0.05, 0) is 37.5 Å². The Kier molecular flexibility index (Phi) is 2.43. The van der Waals surface area contributed by atoms with Crippen LogP contribution in [0.4, 0.5) is 13.2 Å². The highest BCUT2D eigenvalue weighted by Gasteiger charge is 2.58. The normalized spacial score (nSPS) is 40.5.